The van der Waals surface area contributed by atoms with E-state index in [-0.39, 0.29) is 0 Å². The molecule has 7 rings (SSSR count). The summed E-state index contributed by atoms with van der Waals surface area (Å²) in [6, 6.07) is 32.7. The van der Waals surface area contributed by atoms with Crippen LogP contribution in [0.15, 0.2) is 97.1 Å². The Morgan fingerprint density at radius 2 is 1.13 bits per heavy atom. The summed E-state index contributed by atoms with van der Waals surface area (Å²) in [4.78, 5) is 15.0. The summed E-state index contributed by atoms with van der Waals surface area (Å²) in [5.74, 6) is 2.69. The lowest BCUT2D eigenvalue weighted by Crippen LogP contribution is -2.19. The Balaban J connectivity index is 1.15. The molecule has 0 fully saturated rings. The number of hydrogen-bond acceptors (Lipinski definition) is 7. The third kappa shape index (κ3) is 5.10. The number of hydrogen-bond donors (Lipinski definition) is 0. The van der Waals surface area contributed by atoms with E-state index in [1.54, 1.807) is 36.5 Å². The smallest absolute Gasteiger partial charge is 0.194 e. The Morgan fingerprint density at radius 3 is 1.63 bits per heavy atom. The number of ether oxygens (including phenoxy) is 2. The summed E-state index contributed by atoms with van der Waals surface area (Å²) in [5, 5.41) is 13.5. The van der Waals surface area contributed by atoms with Gasteiger partial charge in [0, 0.05) is 0 Å². The third-order valence-electron chi connectivity index (χ3n) is 7.73. The zero-order chi connectivity index (χ0) is 31.6. The van der Waals surface area contributed by atoms with Crippen LogP contribution in [0.25, 0.3) is 29.1 Å². The predicted molar refractivity (Wildman–Crippen MR) is 179 cm³/mol. The first-order chi connectivity index (χ1) is 22.6. The lowest BCUT2D eigenvalue weighted by atomic mass is 10.0. The number of benzene rings is 5. The van der Waals surface area contributed by atoms with Crippen LogP contribution in [0.4, 0.5) is 28.4 Å². The van der Waals surface area contributed by atoms with Crippen LogP contribution in [0.2, 0.25) is 0 Å². The van der Waals surface area contributed by atoms with Crippen LogP contribution in [-0.4, -0.2) is 14.2 Å². The van der Waals surface area contributed by atoms with Crippen LogP contribution in [0, 0.1) is 17.9 Å². The van der Waals surface area contributed by atoms with Crippen LogP contribution in [0.1, 0.15) is 27.8 Å². The first-order valence-electron chi connectivity index (χ1n) is 14.4. The Kier molecular flexibility index (Phi) is 7.42. The third-order valence-corrected chi connectivity index (χ3v) is 7.73. The predicted octanol–water partition coefficient (Wildman–Crippen LogP) is 10.1. The second-order valence-corrected chi connectivity index (χ2v) is 10.4. The zero-order valence-electron chi connectivity index (χ0n) is 25.0. The van der Waals surface area contributed by atoms with Crippen molar-refractivity contribution in [3.8, 4) is 29.1 Å². The van der Waals surface area contributed by atoms with E-state index in [1.165, 1.54) is 0 Å². The van der Waals surface area contributed by atoms with E-state index in [2.05, 4.69) is 10.9 Å². The van der Waals surface area contributed by atoms with Crippen molar-refractivity contribution in [2.75, 3.05) is 24.3 Å². The molecule has 0 saturated carbocycles. The van der Waals surface area contributed by atoms with Crippen molar-refractivity contribution in [1.29, 1.82) is 5.26 Å². The molecule has 5 aromatic carbocycles. The molecule has 2 aliphatic rings. The second-order valence-electron chi connectivity index (χ2n) is 10.4. The van der Waals surface area contributed by atoms with Crippen LogP contribution in [0.3, 0.4) is 0 Å². The van der Waals surface area contributed by atoms with E-state index >= 15 is 0 Å². The number of rotatable bonds is 6. The highest BCUT2D eigenvalue weighted by atomic mass is 16.7. The maximum absolute atomic E-state index is 10.00. The number of anilines is 4. The lowest BCUT2D eigenvalue weighted by molar-refractivity contribution is 0.194. The fourth-order valence-electron chi connectivity index (χ4n) is 5.54. The molecule has 222 valence electrons. The van der Waals surface area contributed by atoms with Crippen molar-refractivity contribution in [3.05, 3.63) is 136 Å². The summed E-state index contributed by atoms with van der Waals surface area (Å²) >= 11 is 0. The quantitative estimate of drug-likeness (QED) is 0.141. The molecule has 46 heavy (non-hydrogen) atoms. The normalized spacial score (nSPS) is 12.8. The van der Waals surface area contributed by atoms with Gasteiger partial charge in [0.1, 0.15) is 22.7 Å². The standard InChI is InChI=1S/C38H26N4O4/c1-40-30-23-27(16-12-25-14-18-33-37(20-25)45-35-10-6-4-8-31(35)41(33)43-2)29(24-39)22-28(30)17-13-26-15-19-34-38(21-26)46-36-11-7-5-9-32(36)42(34)44-3/h4-23H,2-3H3/b16-12+,17-13+. The van der Waals surface area contributed by atoms with Gasteiger partial charge in [0.05, 0.1) is 32.4 Å². The molecule has 0 aromatic heterocycles. The van der Waals surface area contributed by atoms with Gasteiger partial charge in [0.25, 0.3) is 0 Å². The molecule has 0 aliphatic carbocycles. The molecule has 8 nitrogen and oxygen atoms in total. The molecule has 0 unspecified atom stereocenters. The highest BCUT2D eigenvalue weighted by Gasteiger charge is 2.25. The largest absolute Gasteiger partial charge is 0.453 e. The minimum Gasteiger partial charge on any atom is -0.453 e. The Bertz CT molecular complexity index is 1990. The molecular weight excluding hydrogens is 576 g/mol. The van der Waals surface area contributed by atoms with Crippen LogP contribution >= 0.6 is 0 Å². The topological polar surface area (TPSA) is 71.5 Å². The average Bonchev–Trinajstić information content (AvgIpc) is 3.10. The summed E-state index contributed by atoms with van der Waals surface area (Å²) in [6.45, 7) is 7.84. The van der Waals surface area contributed by atoms with Gasteiger partial charge in [0.15, 0.2) is 28.7 Å². The Morgan fingerprint density at radius 1 is 0.630 bits per heavy atom. The van der Waals surface area contributed by atoms with E-state index in [0.717, 1.165) is 33.9 Å². The van der Waals surface area contributed by atoms with Crippen LogP contribution < -0.4 is 19.6 Å². The highest BCUT2D eigenvalue weighted by Crippen LogP contribution is 2.48. The maximum atomic E-state index is 10.00. The Hall–Kier alpha value is -6.32. The minimum absolute atomic E-state index is 0.435. The van der Waals surface area contributed by atoms with Gasteiger partial charge in [-0.2, -0.15) is 5.26 Å². The van der Waals surface area contributed by atoms with Gasteiger partial charge in [-0.05, 0) is 82.9 Å². The number of para-hydroxylation sites is 4. The average molecular weight is 603 g/mol. The van der Waals surface area contributed by atoms with Crippen molar-refractivity contribution in [2.45, 2.75) is 0 Å². The minimum atomic E-state index is 0.435. The molecule has 0 atom stereocenters. The fourth-order valence-corrected chi connectivity index (χ4v) is 5.54. The maximum Gasteiger partial charge on any atom is 0.194 e. The van der Waals surface area contributed by atoms with E-state index in [1.807, 2.05) is 109 Å². The molecular formula is C38H26N4O4. The SMILES string of the molecule is [C-]#[N+]c1cc(/C=C/c2ccc3c(c2)Oc2ccccc2N3OC)c(C#N)cc1/C=C/c1ccc2c(c1)Oc1ccccc1N2OC. The van der Waals surface area contributed by atoms with E-state index in [4.69, 9.17) is 25.7 Å². The summed E-state index contributed by atoms with van der Waals surface area (Å²) < 4.78 is 12.3. The van der Waals surface area contributed by atoms with E-state index in [9.17, 15) is 5.26 Å². The molecule has 0 radical (unpaired) electrons. The lowest BCUT2D eigenvalue weighted by Gasteiger charge is -2.30. The number of nitrogens with zero attached hydrogens (tertiary/aromatic N) is 4. The highest BCUT2D eigenvalue weighted by molar-refractivity contribution is 5.85. The molecule has 0 bridgehead atoms. The van der Waals surface area contributed by atoms with Crippen LogP contribution in [0.5, 0.6) is 23.0 Å². The van der Waals surface area contributed by atoms with E-state index in [0.29, 0.717) is 45.4 Å². The molecule has 0 amide bonds. The summed E-state index contributed by atoms with van der Waals surface area (Å²) in [6.07, 6.45) is 7.48. The molecule has 5 aromatic rings. The van der Waals surface area contributed by atoms with Gasteiger partial charge in [-0.15, -0.1) is 0 Å². The van der Waals surface area contributed by atoms with Gasteiger partial charge in [-0.3, -0.25) is 9.68 Å². The first kappa shape index (κ1) is 28.5. The molecule has 0 N–H and O–H groups in total. The summed E-state index contributed by atoms with van der Waals surface area (Å²) in [7, 11) is 3.24. The van der Waals surface area contributed by atoms with Gasteiger partial charge >= 0.3 is 0 Å². The Labute approximate surface area is 266 Å². The number of nitriles is 1. The van der Waals surface area contributed by atoms with Crippen molar-refractivity contribution >= 4 is 52.7 Å². The fraction of sp³-hybridized carbons (Fsp3) is 0.0526. The number of fused-ring (bicyclic) bond motifs is 4. The van der Waals surface area contributed by atoms with E-state index < -0.39 is 0 Å². The van der Waals surface area contributed by atoms with Crippen molar-refractivity contribution < 1.29 is 19.1 Å². The van der Waals surface area contributed by atoms with Gasteiger partial charge in [-0.25, -0.2) is 15.0 Å². The van der Waals surface area contributed by atoms with Crippen LogP contribution in [-0.2, 0) is 9.68 Å². The van der Waals surface area contributed by atoms with Gasteiger partial charge in [-0.1, -0.05) is 60.7 Å². The first-order valence-corrected chi connectivity index (χ1v) is 14.4. The van der Waals surface area contributed by atoms with Crippen molar-refractivity contribution in [2.24, 2.45) is 0 Å². The van der Waals surface area contributed by atoms with Gasteiger partial charge < -0.3 is 9.47 Å². The molecule has 2 aliphatic heterocycles. The molecule has 0 spiro atoms. The monoisotopic (exact) mass is 602 g/mol. The molecule has 0 saturated heterocycles. The zero-order valence-corrected chi connectivity index (χ0v) is 25.0. The second kappa shape index (κ2) is 12.0. The molecule has 2 heterocycles. The van der Waals surface area contributed by atoms with Crippen molar-refractivity contribution in [1.82, 2.24) is 0 Å². The van der Waals surface area contributed by atoms with Crippen molar-refractivity contribution in [3.63, 3.8) is 0 Å². The summed E-state index contributed by atoms with van der Waals surface area (Å²) in [5.41, 5.74) is 7.15. The molecule has 8 heteroatoms. The van der Waals surface area contributed by atoms with Gasteiger partial charge in [0.2, 0.25) is 0 Å².